The van der Waals surface area contributed by atoms with Crippen molar-refractivity contribution in [3.05, 3.63) is 54.1 Å². The molecule has 1 N–H and O–H groups in total. The second kappa shape index (κ2) is 11.8. The minimum Gasteiger partial charge on any atom is -0.429 e. The molecular formula is C22H28ClF3NO4PS. The van der Waals surface area contributed by atoms with Crippen molar-refractivity contribution in [2.75, 3.05) is 11.6 Å². The molecule has 0 aliphatic rings. The Hall–Kier alpha value is -1.38. The van der Waals surface area contributed by atoms with Crippen LogP contribution in [0.2, 0.25) is 0 Å². The minimum atomic E-state index is -4.22. The van der Waals surface area contributed by atoms with Crippen LogP contribution in [0.1, 0.15) is 39.0 Å². The van der Waals surface area contributed by atoms with Crippen LogP contribution in [0.5, 0.6) is 5.75 Å². The maximum absolute atomic E-state index is 14.0. The summed E-state index contributed by atoms with van der Waals surface area (Å²) >= 11 is 6.43. The Morgan fingerprint density at radius 2 is 1.61 bits per heavy atom. The molecule has 33 heavy (non-hydrogen) atoms. The Balaban J connectivity index is 2.47. The predicted octanol–water partition coefficient (Wildman–Crippen LogP) is 8.07. The minimum absolute atomic E-state index is 0.284. The summed E-state index contributed by atoms with van der Waals surface area (Å²) in [6.07, 6.45) is -3.11. The Morgan fingerprint density at radius 3 is 2.09 bits per heavy atom. The third kappa shape index (κ3) is 8.11. The molecule has 2 atom stereocenters. The molecular weight excluding hydrogens is 498 g/mol. The average molecular weight is 526 g/mol. The van der Waals surface area contributed by atoms with Crippen LogP contribution in [0.25, 0.3) is 0 Å². The SMILES string of the molecule is CSc1ccc(C(Nc2cccc(OC(F)(F)C(F)Cl)c2)P(=O)(OC(C)C)OC(C)C)cc1. The van der Waals surface area contributed by atoms with Crippen molar-refractivity contribution in [2.24, 2.45) is 0 Å². The molecule has 184 valence electrons. The van der Waals surface area contributed by atoms with Crippen molar-refractivity contribution in [1.82, 2.24) is 0 Å². The Kier molecular flexibility index (Phi) is 10.0. The van der Waals surface area contributed by atoms with Crippen molar-refractivity contribution in [1.29, 1.82) is 0 Å². The van der Waals surface area contributed by atoms with Crippen molar-refractivity contribution in [2.45, 2.75) is 62.3 Å². The number of hydrogen-bond donors (Lipinski definition) is 1. The van der Waals surface area contributed by atoms with Crippen molar-refractivity contribution in [3.8, 4) is 5.75 Å². The molecule has 0 aliphatic carbocycles. The number of hydrogen-bond acceptors (Lipinski definition) is 6. The molecule has 0 bridgehead atoms. The van der Waals surface area contributed by atoms with Crippen LogP contribution in [0.3, 0.4) is 0 Å². The third-order valence-corrected chi connectivity index (χ3v) is 7.60. The first-order valence-corrected chi connectivity index (χ1v) is 13.5. The van der Waals surface area contributed by atoms with Gasteiger partial charge >= 0.3 is 13.7 Å². The highest BCUT2D eigenvalue weighted by atomic mass is 35.5. The van der Waals surface area contributed by atoms with Gasteiger partial charge in [-0.1, -0.05) is 29.8 Å². The van der Waals surface area contributed by atoms with Crippen molar-refractivity contribution < 1.29 is 31.5 Å². The van der Waals surface area contributed by atoms with Crippen molar-refractivity contribution >= 4 is 36.6 Å². The molecule has 2 aromatic carbocycles. The fourth-order valence-electron chi connectivity index (χ4n) is 2.87. The van der Waals surface area contributed by atoms with Gasteiger partial charge in [-0.05, 0) is 63.8 Å². The van der Waals surface area contributed by atoms with E-state index in [0.29, 0.717) is 5.56 Å². The van der Waals surface area contributed by atoms with Gasteiger partial charge in [-0.15, -0.1) is 11.8 Å². The molecule has 0 radical (unpaired) electrons. The van der Waals surface area contributed by atoms with Gasteiger partial charge in [0.25, 0.3) is 5.63 Å². The average Bonchev–Trinajstić information content (AvgIpc) is 2.70. The van der Waals surface area contributed by atoms with E-state index < -0.39 is 37.3 Å². The smallest absolute Gasteiger partial charge is 0.429 e. The number of alkyl halides is 4. The summed E-state index contributed by atoms with van der Waals surface area (Å²) in [6.45, 7) is 6.95. The fourth-order valence-corrected chi connectivity index (χ4v) is 5.64. The number of thioether (sulfide) groups is 1. The molecule has 0 aromatic heterocycles. The molecule has 5 nitrogen and oxygen atoms in total. The van der Waals surface area contributed by atoms with E-state index in [-0.39, 0.29) is 11.4 Å². The Labute approximate surface area is 201 Å². The second-order valence-corrected chi connectivity index (χ2v) is 10.9. The maximum Gasteiger partial charge on any atom is 0.444 e. The number of halogens is 4. The topological polar surface area (TPSA) is 56.8 Å². The molecule has 0 amide bonds. The summed E-state index contributed by atoms with van der Waals surface area (Å²) in [5.41, 5.74) is -2.12. The van der Waals surface area contributed by atoms with E-state index >= 15 is 0 Å². The first-order chi connectivity index (χ1) is 15.4. The zero-order valence-corrected chi connectivity index (χ0v) is 21.4. The first-order valence-electron chi connectivity index (χ1n) is 10.2. The second-order valence-electron chi connectivity index (χ2n) is 7.66. The summed E-state index contributed by atoms with van der Waals surface area (Å²) in [7, 11) is -3.81. The highest BCUT2D eigenvalue weighted by molar-refractivity contribution is 7.98. The quantitative estimate of drug-likeness (QED) is 0.172. The van der Waals surface area contributed by atoms with Gasteiger partial charge in [-0.3, -0.25) is 4.57 Å². The number of nitrogens with one attached hydrogen (secondary N) is 1. The Morgan fingerprint density at radius 1 is 1.03 bits per heavy atom. The lowest BCUT2D eigenvalue weighted by atomic mass is 10.2. The van der Waals surface area contributed by atoms with Gasteiger partial charge in [0.15, 0.2) is 5.78 Å². The van der Waals surface area contributed by atoms with Gasteiger partial charge in [0.1, 0.15) is 5.75 Å². The van der Waals surface area contributed by atoms with E-state index in [0.717, 1.165) is 4.90 Å². The van der Waals surface area contributed by atoms with Gasteiger partial charge in [-0.2, -0.15) is 8.78 Å². The Bertz CT molecular complexity index is 933. The zero-order valence-electron chi connectivity index (χ0n) is 18.9. The molecule has 0 fully saturated rings. The van der Waals surface area contributed by atoms with Crippen LogP contribution in [0, 0.1) is 0 Å². The molecule has 11 heteroatoms. The van der Waals surface area contributed by atoms with Crippen LogP contribution in [0.4, 0.5) is 18.9 Å². The fraction of sp³-hybridized carbons (Fsp3) is 0.455. The molecule has 0 saturated carbocycles. The molecule has 2 unspecified atom stereocenters. The highest BCUT2D eigenvalue weighted by Crippen LogP contribution is 2.62. The van der Waals surface area contributed by atoms with Crippen LogP contribution in [0.15, 0.2) is 53.4 Å². The van der Waals surface area contributed by atoms with Gasteiger partial charge in [0.2, 0.25) is 0 Å². The summed E-state index contributed by atoms with van der Waals surface area (Å²) < 4.78 is 70.1. The number of ether oxygens (including phenoxy) is 1. The van der Waals surface area contributed by atoms with E-state index in [1.54, 1.807) is 57.7 Å². The predicted molar refractivity (Wildman–Crippen MR) is 127 cm³/mol. The van der Waals surface area contributed by atoms with E-state index in [9.17, 15) is 17.7 Å². The molecule has 0 aliphatic heterocycles. The van der Waals surface area contributed by atoms with Gasteiger partial charge in [-0.25, -0.2) is 4.39 Å². The summed E-state index contributed by atoms with van der Waals surface area (Å²) in [6, 6.07) is 12.8. The summed E-state index contributed by atoms with van der Waals surface area (Å²) in [5, 5.41) is 3.07. The number of anilines is 1. The number of rotatable bonds is 12. The van der Waals surface area contributed by atoms with Crippen LogP contribution >= 0.6 is 31.0 Å². The number of benzene rings is 2. The monoisotopic (exact) mass is 525 g/mol. The van der Waals surface area contributed by atoms with Crippen molar-refractivity contribution in [3.63, 3.8) is 0 Å². The van der Waals surface area contributed by atoms with Crippen LogP contribution < -0.4 is 10.1 Å². The van der Waals surface area contributed by atoms with Crippen LogP contribution in [-0.4, -0.2) is 30.2 Å². The van der Waals surface area contributed by atoms with E-state index in [4.69, 9.17) is 20.6 Å². The summed E-state index contributed by atoms with van der Waals surface area (Å²) in [5.74, 6) is -1.29. The lowest BCUT2D eigenvalue weighted by Gasteiger charge is -2.31. The standard InChI is InChI=1S/C22H28ClF3NO4PS/c1-14(2)30-32(28,31-15(3)4)20(16-9-11-19(33-5)12-10-16)27-17-7-6-8-18(13-17)29-22(25,26)21(23)24/h6-15,20-21,27H,1-5H3. The molecule has 2 rings (SSSR count). The first kappa shape index (κ1) is 27.9. The lowest BCUT2D eigenvalue weighted by Crippen LogP contribution is -2.32. The van der Waals surface area contributed by atoms with E-state index in [1.807, 2.05) is 18.4 Å². The van der Waals surface area contributed by atoms with Gasteiger partial charge in [0, 0.05) is 16.6 Å². The lowest BCUT2D eigenvalue weighted by molar-refractivity contribution is -0.199. The molecule has 2 aromatic rings. The zero-order chi connectivity index (χ0) is 24.8. The highest BCUT2D eigenvalue weighted by Gasteiger charge is 2.42. The van der Waals surface area contributed by atoms with E-state index in [2.05, 4.69) is 10.1 Å². The van der Waals surface area contributed by atoms with E-state index in [1.165, 1.54) is 18.2 Å². The van der Waals surface area contributed by atoms with Gasteiger partial charge < -0.3 is 19.1 Å². The van der Waals surface area contributed by atoms with Crippen LogP contribution in [-0.2, 0) is 13.6 Å². The molecule has 0 spiro atoms. The third-order valence-electron chi connectivity index (χ3n) is 4.11. The summed E-state index contributed by atoms with van der Waals surface area (Å²) in [4.78, 5) is 1.00. The molecule has 0 heterocycles. The molecule has 0 saturated heterocycles. The van der Waals surface area contributed by atoms with Gasteiger partial charge in [0.05, 0.1) is 12.2 Å². The normalized spacial score (nSPS) is 14.4. The maximum atomic E-state index is 14.0. The largest absolute Gasteiger partial charge is 0.444 e.